The molecule has 2 aromatic heterocycles. The molecule has 0 saturated heterocycles. The lowest BCUT2D eigenvalue weighted by molar-refractivity contribution is 0.0686. The van der Waals surface area contributed by atoms with Crippen molar-refractivity contribution in [1.29, 1.82) is 0 Å². The third kappa shape index (κ3) is 3.99. The molecule has 2 aliphatic heterocycles. The first-order chi connectivity index (χ1) is 17.1. The van der Waals surface area contributed by atoms with Crippen LogP contribution in [0.1, 0.15) is 33.7 Å². The number of hydrogen-bond acceptors (Lipinski definition) is 9. The van der Waals surface area contributed by atoms with E-state index in [-0.39, 0.29) is 24.9 Å². The Kier molecular flexibility index (Phi) is 5.37. The maximum absolute atomic E-state index is 13.1. The summed E-state index contributed by atoms with van der Waals surface area (Å²) in [4.78, 5) is 13.1. The van der Waals surface area contributed by atoms with Crippen LogP contribution in [0.3, 0.4) is 0 Å². The Bertz CT molecular complexity index is 1430. The zero-order chi connectivity index (χ0) is 23.9. The fourth-order valence-electron chi connectivity index (χ4n) is 4.22. The average Bonchev–Trinajstić information content (AvgIpc) is 3.61. The lowest BCUT2D eigenvalue weighted by Gasteiger charge is -2.23. The number of ether oxygens (including phenoxy) is 4. The second-order valence-electron chi connectivity index (χ2n) is 8.14. The van der Waals surface area contributed by atoms with E-state index in [2.05, 4.69) is 10.2 Å². The van der Waals surface area contributed by atoms with Gasteiger partial charge in [-0.3, -0.25) is 4.79 Å². The van der Waals surface area contributed by atoms with E-state index < -0.39 is 6.10 Å². The molecule has 0 bridgehead atoms. The molecule has 35 heavy (non-hydrogen) atoms. The number of aromatic nitrogens is 3. The van der Waals surface area contributed by atoms with E-state index in [0.29, 0.717) is 33.9 Å². The molecule has 2 aromatic carbocycles. The molecule has 178 valence electrons. The predicted octanol–water partition coefficient (Wildman–Crippen LogP) is 4.69. The minimum Gasteiger partial charge on any atom is -0.485 e. The molecule has 4 heterocycles. The highest BCUT2D eigenvalue weighted by molar-refractivity contribution is 7.99. The van der Waals surface area contributed by atoms with Crippen LogP contribution in [-0.2, 0) is 0 Å². The average molecular weight is 492 g/mol. The van der Waals surface area contributed by atoms with Crippen molar-refractivity contribution in [3.63, 3.8) is 0 Å². The highest BCUT2D eigenvalue weighted by atomic mass is 32.2. The first-order valence-corrected chi connectivity index (χ1v) is 12.0. The first-order valence-electron chi connectivity index (χ1n) is 11.0. The number of para-hydroxylation sites is 2. The molecule has 0 fully saturated rings. The van der Waals surface area contributed by atoms with Crippen LogP contribution >= 0.6 is 11.8 Å². The zero-order valence-electron chi connectivity index (χ0n) is 19.0. The molecular weight excluding hydrogens is 470 g/mol. The molecule has 0 aliphatic carbocycles. The van der Waals surface area contributed by atoms with Crippen molar-refractivity contribution in [3.8, 4) is 28.7 Å². The van der Waals surface area contributed by atoms with Crippen molar-refractivity contribution < 1.29 is 28.2 Å². The minimum absolute atomic E-state index is 0.0268. The van der Waals surface area contributed by atoms with Crippen molar-refractivity contribution >= 4 is 17.5 Å². The molecule has 1 unspecified atom stereocenters. The van der Waals surface area contributed by atoms with Gasteiger partial charge in [-0.05, 0) is 44.2 Å². The topological polar surface area (TPSA) is 97.8 Å². The lowest BCUT2D eigenvalue weighted by Crippen LogP contribution is -2.21. The number of benzene rings is 2. The number of hydrogen-bond donors (Lipinski definition) is 0. The van der Waals surface area contributed by atoms with E-state index in [1.54, 1.807) is 0 Å². The maximum atomic E-state index is 13.1. The van der Waals surface area contributed by atoms with Crippen LogP contribution in [-0.4, -0.2) is 39.7 Å². The van der Waals surface area contributed by atoms with Gasteiger partial charge in [-0.2, -0.15) is 0 Å². The summed E-state index contributed by atoms with van der Waals surface area (Å²) in [5, 5.41) is 8.46. The molecule has 6 rings (SSSR count). The largest absolute Gasteiger partial charge is 0.485 e. The lowest BCUT2D eigenvalue weighted by atomic mass is 10.2. The van der Waals surface area contributed by atoms with Crippen LogP contribution in [0.25, 0.3) is 5.69 Å². The van der Waals surface area contributed by atoms with E-state index >= 15 is 0 Å². The Hall–Kier alpha value is -3.92. The first kappa shape index (κ1) is 21.6. The van der Waals surface area contributed by atoms with E-state index in [0.717, 1.165) is 22.8 Å². The van der Waals surface area contributed by atoms with Gasteiger partial charge in [0.1, 0.15) is 6.61 Å². The Morgan fingerprint density at radius 2 is 1.80 bits per heavy atom. The molecule has 0 amide bonds. The zero-order valence-corrected chi connectivity index (χ0v) is 19.8. The summed E-state index contributed by atoms with van der Waals surface area (Å²) in [7, 11) is 0. The van der Waals surface area contributed by atoms with Gasteiger partial charge in [-0.1, -0.05) is 23.9 Å². The van der Waals surface area contributed by atoms with Crippen molar-refractivity contribution in [2.24, 2.45) is 0 Å². The number of Topliss-reactive ketones (excluding diaryl/α,β-unsaturated/α-hetero) is 1. The Morgan fingerprint density at radius 3 is 2.69 bits per heavy atom. The highest BCUT2D eigenvalue weighted by Gasteiger charge is 2.28. The molecule has 4 aromatic rings. The maximum Gasteiger partial charge on any atom is 0.277 e. The van der Waals surface area contributed by atoms with Gasteiger partial charge in [0, 0.05) is 28.7 Å². The van der Waals surface area contributed by atoms with Crippen LogP contribution in [0, 0.1) is 13.8 Å². The smallest absolute Gasteiger partial charge is 0.277 e. The number of rotatable bonds is 6. The second-order valence-corrected chi connectivity index (χ2v) is 9.07. The summed E-state index contributed by atoms with van der Waals surface area (Å²) in [5.74, 6) is 3.18. The van der Waals surface area contributed by atoms with E-state index in [4.69, 9.17) is 23.4 Å². The SMILES string of the molecule is Cc1cc(C(=O)CSc2nnc(C3COc4ccccc4O3)o2)c(C)n1-c1ccc2c(c1)OCO2. The van der Waals surface area contributed by atoms with Crippen molar-refractivity contribution in [2.45, 2.75) is 25.2 Å². The normalized spacial score (nSPS) is 15.9. The number of aryl methyl sites for hydroxylation is 1. The molecular formula is C25H21N3O6S. The van der Waals surface area contributed by atoms with Crippen LogP contribution in [0.4, 0.5) is 0 Å². The van der Waals surface area contributed by atoms with Crippen LogP contribution in [0.15, 0.2) is 58.2 Å². The molecule has 9 nitrogen and oxygen atoms in total. The highest BCUT2D eigenvalue weighted by Crippen LogP contribution is 2.37. The van der Waals surface area contributed by atoms with E-state index in [1.165, 1.54) is 11.8 Å². The fraction of sp³-hybridized carbons (Fsp3) is 0.240. The van der Waals surface area contributed by atoms with Crippen molar-refractivity contribution in [3.05, 3.63) is 71.4 Å². The van der Waals surface area contributed by atoms with Crippen molar-refractivity contribution in [2.75, 3.05) is 19.2 Å². The molecule has 0 saturated carbocycles. The van der Waals surface area contributed by atoms with E-state index in [9.17, 15) is 4.79 Å². The predicted molar refractivity (Wildman–Crippen MR) is 126 cm³/mol. The summed E-state index contributed by atoms with van der Waals surface area (Å²) < 4.78 is 30.3. The molecule has 10 heteroatoms. The van der Waals surface area contributed by atoms with Crippen molar-refractivity contribution in [1.82, 2.24) is 14.8 Å². The Morgan fingerprint density at radius 1 is 1.00 bits per heavy atom. The fourth-order valence-corrected chi connectivity index (χ4v) is 4.87. The summed E-state index contributed by atoms with van der Waals surface area (Å²) in [6.45, 7) is 4.39. The van der Waals surface area contributed by atoms with Gasteiger partial charge >= 0.3 is 0 Å². The molecule has 2 aliphatic rings. The second kappa shape index (κ2) is 8.70. The molecule has 1 atom stereocenters. The summed E-state index contributed by atoms with van der Waals surface area (Å²) >= 11 is 1.20. The van der Waals surface area contributed by atoms with Gasteiger partial charge in [0.25, 0.3) is 11.1 Å². The molecule has 0 N–H and O–H groups in total. The van der Waals surface area contributed by atoms with Gasteiger partial charge < -0.3 is 27.9 Å². The Labute approximate surface area is 205 Å². The third-order valence-electron chi connectivity index (χ3n) is 5.88. The molecule has 0 spiro atoms. The van der Waals surface area contributed by atoms with Crippen LogP contribution < -0.4 is 18.9 Å². The number of fused-ring (bicyclic) bond motifs is 2. The van der Waals surface area contributed by atoms with E-state index in [1.807, 2.05) is 66.9 Å². The summed E-state index contributed by atoms with van der Waals surface area (Å²) in [6, 6.07) is 15.1. The summed E-state index contributed by atoms with van der Waals surface area (Å²) in [5.41, 5.74) is 3.36. The van der Waals surface area contributed by atoms with Gasteiger partial charge in [0.05, 0.1) is 5.75 Å². The number of nitrogens with zero attached hydrogens (tertiary/aromatic N) is 3. The minimum atomic E-state index is -0.497. The monoisotopic (exact) mass is 491 g/mol. The van der Waals surface area contributed by atoms with Gasteiger partial charge in [0.15, 0.2) is 28.8 Å². The number of carbonyl (C=O) groups excluding carboxylic acids is 1. The van der Waals surface area contributed by atoms with Gasteiger partial charge in [-0.15, -0.1) is 10.2 Å². The summed E-state index contributed by atoms with van der Waals surface area (Å²) in [6.07, 6.45) is -0.497. The standard InChI is InChI=1S/C25H21N3O6S/c1-14-9-17(15(2)28(14)16-7-8-20-22(10-16)32-13-31-20)18(29)12-35-25-27-26-24(34-25)23-11-30-19-5-3-4-6-21(19)33-23/h3-10,23H,11-13H2,1-2H3. The van der Waals surface area contributed by atoms with Crippen LogP contribution in [0.2, 0.25) is 0 Å². The van der Waals surface area contributed by atoms with Gasteiger partial charge in [-0.25, -0.2) is 0 Å². The third-order valence-corrected chi connectivity index (χ3v) is 6.70. The van der Waals surface area contributed by atoms with Gasteiger partial charge in [0.2, 0.25) is 12.9 Å². The number of thioether (sulfide) groups is 1. The Balaban J connectivity index is 1.14. The van der Waals surface area contributed by atoms with Crippen LogP contribution in [0.5, 0.6) is 23.0 Å². The number of carbonyl (C=O) groups is 1. The molecule has 0 radical (unpaired) electrons. The number of ketones is 1. The quantitative estimate of drug-likeness (QED) is 0.281.